The van der Waals surface area contributed by atoms with Gasteiger partial charge in [-0.15, -0.1) is 0 Å². The molecule has 0 aliphatic rings. The molecule has 0 amide bonds. The zero-order valence-electron chi connectivity index (χ0n) is 10.8. The quantitative estimate of drug-likeness (QED) is 0.662. The van der Waals surface area contributed by atoms with E-state index in [4.69, 9.17) is 10.5 Å². The van der Waals surface area contributed by atoms with Crippen molar-refractivity contribution in [2.45, 2.75) is 4.90 Å². The average Bonchev–Trinajstić information content (AvgIpc) is 2.37. The first kappa shape index (κ1) is 15.0. The molecule has 0 spiro atoms. The van der Waals surface area contributed by atoms with Crippen molar-refractivity contribution in [1.29, 1.82) is 0 Å². The van der Waals surface area contributed by atoms with Crippen LogP contribution in [0.15, 0.2) is 35.2 Å². The Hall–Kier alpha value is -2.42. The summed E-state index contributed by atoms with van der Waals surface area (Å²) in [4.78, 5) is 2.93. The molecule has 1 aromatic carbocycles. The first-order valence-electron chi connectivity index (χ1n) is 5.62. The molecule has 9 heteroatoms. The molecule has 0 fully saturated rings. The molecule has 0 bridgehead atoms. The highest BCUT2D eigenvalue weighted by Crippen LogP contribution is 2.29. The van der Waals surface area contributed by atoms with Crippen molar-refractivity contribution >= 4 is 21.5 Å². The number of aromatic nitrogens is 1. The molecule has 6 nitrogen and oxygen atoms in total. The fourth-order valence-electron chi connectivity index (χ4n) is 1.62. The summed E-state index contributed by atoms with van der Waals surface area (Å²) in [5, 5.41) is 0. The van der Waals surface area contributed by atoms with Crippen LogP contribution >= 0.6 is 0 Å². The van der Waals surface area contributed by atoms with E-state index in [0.717, 1.165) is 18.2 Å². The predicted octanol–water partition coefficient (Wildman–Crippen LogP) is 1.75. The summed E-state index contributed by atoms with van der Waals surface area (Å²) in [6.45, 7) is 0. The maximum Gasteiger partial charge on any atom is 0.263 e. The zero-order valence-corrected chi connectivity index (χ0v) is 11.6. The smallest absolute Gasteiger partial charge is 0.263 e. The Morgan fingerprint density at radius 1 is 1.29 bits per heavy atom. The molecule has 0 aliphatic carbocycles. The monoisotopic (exact) mass is 315 g/mol. The normalized spacial score (nSPS) is 11.2. The number of nitrogens with zero attached hydrogens (tertiary/aromatic N) is 1. The SMILES string of the molecule is COc1c(N)cc(S(=O)(=O)Nc2cccc(F)n2)cc1F. The summed E-state index contributed by atoms with van der Waals surface area (Å²) in [6, 6.07) is 5.37. The number of benzene rings is 1. The molecule has 0 aliphatic heterocycles. The number of pyridine rings is 1. The van der Waals surface area contributed by atoms with Gasteiger partial charge in [0.15, 0.2) is 11.6 Å². The lowest BCUT2D eigenvalue weighted by atomic mass is 10.3. The molecule has 0 atom stereocenters. The lowest BCUT2D eigenvalue weighted by Crippen LogP contribution is -2.15. The largest absolute Gasteiger partial charge is 0.492 e. The van der Waals surface area contributed by atoms with Crippen molar-refractivity contribution in [1.82, 2.24) is 4.98 Å². The minimum absolute atomic E-state index is 0.176. The molecular formula is C12H11F2N3O3S. The third kappa shape index (κ3) is 3.19. The number of nitrogens with two attached hydrogens (primary N) is 1. The molecule has 2 rings (SSSR count). The van der Waals surface area contributed by atoms with Gasteiger partial charge in [-0.3, -0.25) is 4.72 Å². The van der Waals surface area contributed by atoms with E-state index in [-0.39, 0.29) is 17.3 Å². The first-order chi connectivity index (χ1) is 9.83. The lowest BCUT2D eigenvalue weighted by molar-refractivity contribution is 0.388. The highest BCUT2D eigenvalue weighted by molar-refractivity contribution is 7.92. The molecule has 112 valence electrons. The van der Waals surface area contributed by atoms with E-state index >= 15 is 0 Å². The third-order valence-corrected chi connectivity index (χ3v) is 3.85. The van der Waals surface area contributed by atoms with Gasteiger partial charge in [-0.2, -0.15) is 4.39 Å². The van der Waals surface area contributed by atoms with Crippen LogP contribution in [-0.4, -0.2) is 20.5 Å². The van der Waals surface area contributed by atoms with E-state index in [1.54, 1.807) is 0 Å². The van der Waals surface area contributed by atoms with Crippen molar-refractivity contribution in [3.8, 4) is 5.75 Å². The molecule has 0 saturated heterocycles. The van der Waals surface area contributed by atoms with Gasteiger partial charge >= 0.3 is 0 Å². The molecule has 21 heavy (non-hydrogen) atoms. The van der Waals surface area contributed by atoms with Gasteiger partial charge in [0.1, 0.15) is 5.82 Å². The Morgan fingerprint density at radius 2 is 2.00 bits per heavy atom. The van der Waals surface area contributed by atoms with Gasteiger partial charge in [0.25, 0.3) is 10.0 Å². The Bertz CT molecular complexity index is 758. The van der Waals surface area contributed by atoms with E-state index in [1.807, 2.05) is 4.72 Å². The highest BCUT2D eigenvalue weighted by Gasteiger charge is 2.20. The van der Waals surface area contributed by atoms with Gasteiger partial charge in [0.05, 0.1) is 17.7 Å². The number of ether oxygens (including phenoxy) is 1. The Morgan fingerprint density at radius 3 is 2.57 bits per heavy atom. The molecule has 1 aromatic heterocycles. The minimum Gasteiger partial charge on any atom is -0.492 e. The minimum atomic E-state index is -4.15. The zero-order chi connectivity index (χ0) is 15.6. The number of halogens is 2. The Labute approximate surface area is 119 Å². The topological polar surface area (TPSA) is 94.3 Å². The van der Waals surface area contributed by atoms with Gasteiger partial charge in [-0.1, -0.05) is 6.07 Å². The van der Waals surface area contributed by atoms with E-state index in [9.17, 15) is 17.2 Å². The number of nitrogen functional groups attached to an aromatic ring is 1. The summed E-state index contributed by atoms with van der Waals surface area (Å²) < 4.78 is 57.5. The highest BCUT2D eigenvalue weighted by atomic mass is 32.2. The van der Waals surface area contributed by atoms with Crippen molar-refractivity contribution in [2.75, 3.05) is 17.6 Å². The lowest BCUT2D eigenvalue weighted by Gasteiger charge is -2.10. The second-order valence-corrected chi connectivity index (χ2v) is 5.66. The fraction of sp³-hybridized carbons (Fsp3) is 0.0833. The summed E-state index contributed by atoms with van der Waals surface area (Å²) in [6.07, 6.45) is 0. The van der Waals surface area contributed by atoms with Crippen molar-refractivity contribution in [3.05, 3.63) is 42.1 Å². The predicted molar refractivity (Wildman–Crippen MR) is 72.4 cm³/mol. The second kappa shape index (κ2) is 5.52. The van der Waals surface area contributed by atoms with Crippen LogP contribution in [0.2, 0.25) is 0 Å². The van der Waals surface area contributed by atoms with Crippen LogP contribution in [0.4, 0.5) is 20.3 Å². The van der Waals surface area contributed by atoms with Gasteiger partial charge in [0.2, 0.25) is 5.95 Å². The number of nitrogens with one attached hydrogen (secondary N) is 1. The van der Waals surface area contributed by atoms with Gasteiger partial charge < -0.3 is 10.5 Å². The van der Waals surface area contributed by atoms with Crippen LogP contribution in [-0.2, 0) is 10.0 Å². The van der Waals surface area contributed by atoms with Crippen LogP contribution in [0.5, 0.6) is 5.75 Å². The molecule has 1 heterocycles. The molecule has 3 N–H and O–H groups in total. The van der Waals surface area contributed by atoms with E-state index in [2.05, 4.69) is 4.98 Å². The van der Waals surface area contributed by atoms with E-state index < -0.39 is 26.7 Å². The van der Waals surface area contributed by atoms with Crippen LogP contribution in [0, 0.1) is 11.8 Å². The Kier molecular flexibility index (Phi) is 3.94. The molecule has 0 radical (unpaired) electrons. The van der Waals surface area contributed by atoms with E-state index in [0.29, 0.717) is 0 Å². The van der Waals surface area contributed by atoms with Crippen molar-refractivity contribution < 1.29 is 21.9 Å². The average molecular weight is 315 g/mol. The first-order valence-corrected chi connectivity index (χ1v) is 7.10. The molecule has 2 aromatic rings. The van der Waals surface area contributed by atoms with Crippen LogP contribution in [0.25, 0.3) is 0 Å². The van der Waals surface area contributed by atoms with E-state index in [1.165, 1.54) is 19.2 Å². The number of sulfonamides is 1. The Balaban J connectivity index is 2.40. The number of methoxy groups -OCH3 is 1. The van der Waals surface area contributed by atoms with Crippen LogP contribution in [0.1, 0.15) is 0 Å². The number of anilines is 2. The fourth-order valence-corrected chi connectivity index (χ4v) is 2.67. The van der Waals surface area contributed by atoms with Gasteiger partial charge in [-0.05, 0) is 24.3 Å². The van der Waals surface area contributed by atoms with Crippen LogP contribution < -0.4 is 15.2 Å². The molecular weight excluding hydrogens is 304 g/mol. The van der Waals surface area contributed by atoms with Crippen molar-refractivity contribution in [2.24, 2.45) is 0 Å². The summed E-state index contributed by atoms with van der Waals surface area (Å²) in [7, 11) is -2.95. The standard InChI is InChI=1S/C12H11F2N3O3S/c1-20-12-8(13)5-7(6-9(12)15)21(18,19)17-11-4-2-3-10(14)16-11/h2-6H,15H2,1H3,(H,16,17). The summed E-state index contributed by atoms with van der Waals surface area (Å²) in [5.74, 6) is -2.26. The van der Waals surface area contributed by atoms with Crippen LogP contribution in [0.3, 0.4) is 0 Å². The third-order valence-electron chi connectivity index (χ3n) is 2.51. The number of hydrogen-bond acceptors (Lipinski definition) is 5. The second-order valence-electron chi connectivity index (χ2n) is 3.98. The number of rotatable bonds is 4. The molecule has 0 saturated carbocycles. The van der Waals surface area contributed by atoms with Crippen molar-refractivity contribution in [3.63, 3.8) is 0 Å². The summed E-state index contributed by atoms with van der Waals surface area (Å²) >= 11 is 0. The van der Waals surface area contributed by atoms with Gasteiger partial charge in [-0.25, -0.2) is 17.8 Å². The maximum absolute atomic E-state index is 13.7. The van der Waals surface area contributed by atoms with Gasteiger partial charge in [0, 0.05) is 0 Å². The summed E-state index contributed by atoms with van der Waals surface area (Å²) in [5.41, 5.74) is 5.34. The maximum atomic E-state index is 13.7. The molecule has 0 unspecified atom stereocenters. The number of hydrogen-bond donors (Lipinski definition) is 2.